The lowest BCUT2D eigenvalue weighted by atomic mass is 9.79. The van der Waals surface area contributed by atoms with Gasteiger partial charge in [0.1, 0.15) is 0 Å². The minimum Gasteiger partial charge on any atom is -0.478 e. The van der Waals surface area contributed by atoms with Crippen LogP contribution in [0, 0.1) is 0 Å². The number of hydrogen-bond donors (Lipinski definition) is 3. The van der Waals surface area contributed by atoms with Crippen LogP contribution in [0.3, 0.4) is 0 Å². The monoisotopic (exact) mass is 367 g/mol. The molecule has 3 N–H and O–H groups in total. The Hall–Kier alpha value is -3.35. The number of nitrogens with one attached hydrogen (secondary N) is 1. The molecule has 1 aromatic carbocycles. The minimum absolute atomic E-state index is 0.0786. The molecule has 0 bridgehead atoms. The van der Waals surface area contributed by atoms with Gasteiger partial charge in [-0.05, 0) is 30.5 Å². The summed E-state index contributed by atoms with van der Waals surface area (Å²) in [4.78, 5) is 28.1. The molecule has 7 nitrogen and oxygen atoms in total. The molecule has 0 atom stereocenters. The van der Waals surface area contributed by atoms with Crippen molar-refractivity contribution in [2.24, 2.45) is 0 Å². The number of imidazole rings is 1. The van der Waals surface area contributed by atoms with Gasteiger partial charge in [0.2, 0.25) is 0 Å². The summed E-state index contributed by atoms with van der Waals surface area (Å²) in [5.41, 5.74) is 2.65. The first-order valence-electron chi connectivity index (χ1n) is 8.75. The van der Waals surface area contributed by atoms with E-state index in [0.29, 0.717) is 29.8 Å². The number of hydrogen-bond acceptors (Lipinski definition) is 4. The quantitative estimate of drug-likeness (QED) is 0.725. The fourth-order valence-corrected chi connectivity index (χ4v) is 3.48. The van der Waals surface area contributed by atoms with E-state index in [4.69, 9.17) is 0 Å². The predicted molar refractivity (Wildman–Crippen MR) is 99.3 cm³/mol. The summed E-state index contributed by atoms with van der Waals surface area (Å²) < 4.78 is 1.79. The summed E-state index contributed by atoms with van der Waals surface area (Å²) in [6.45, 7) is 3.70. The summed E-state index contributed by atoms with van der Waals surface area (Å²) in [6.07, 6.45) is 6.00. The maximum Gasteiger partial charge on any atom is 0.334 e. The molecule has 2 heterocycles. The molecule has 0 amide bonds. The molecule has 0 saturated heterocycles. The van der Waals surface area contributed by atoms with Gasteiger partial charge in [-0.25, -0.2) is 14.6 Å². The number of benzene rings is 1. The van der Waals surface area contributed by atoms with Gasteiger partial charge in [-0.15, -0.1) is 0 Å². The van der Waals surface area contributed by atoms with Gasteiger partial charge in [-0.2, -0.15) is 0 Å². The number of carbonyl (C=O) groups is 2. The van der Waals surface area contributed by atoms with E-state index in [-0.39, 0.29) is 11.1 Å². The van der Waals surface area contributed by atoms with Gasteiger partial charge in [0.15, 0.2) is 0 Å². The highest BCUT2D eigenvalue weighted by Crippen LogP contribution is 2.40. The molecule has 0 spiro atoms. The average Bonchev–Trinajstić information content (AvgIpc) is 3.20. The largest absolute Gasteiger partial charge is 0.478 e. The van der Waals surface area contributed by atoms with Gasteiger partial charge in [0, 0.05) is 29.5 Å². The zero-order valence-electron chi connectivity index (χ0n) is 15.1. The van der Waals surface area contributed by atoms with Crippen molar-refractivity contribution in [2.45, 2.75) is 32.6 Å². The molecule has 1 aromatic heterocycles. The zero-order chi connectivity index (χ0) is 19.6. The van der Waals surface area contributed by atoms with Gasteiger partial charge < -0.3 is 20.1 Å². The van der Waals surface area contributed by atoms with E-state index in [2.05, 4.69) is 10.3 Å². The molecule has 0 saturated carbocycles. The Bertz CT molecular complexity index is 904. The lowest BCUT2D eigenvalue weighted by molar-refractivity contribution is -0.133. The van der Waals surface area contributed by atoms with Crippen molar-refractivity contribution in [3.63, 3.8) is 0 Å². The molecule has 7 heteroatoms. The summed E-state index contributed by atoms with van der Waals surface area (Å²) in [7, 11) is 0. The van der Waals surface area contributed by atoms with Crippen LogP contribution in [-0.4, -0.2) is 31.7 Å². The molecule has 27 heavy (non-hydrogen) atoms. The highest BCUT2D eigenvalue weighted by molar-refractivity contribution is 5.98. The molecule has 3 rings (SSSR count). The Morgan fingerprint density at radius 1 is 1.11 bits per heavy atom. The van der Waals surface area contributed by atoms with Crippen LogP contribution in [0.1, 0.15) is 38.2 Å². The van der Waals surface area contributed by atoms with E-state index in [1.165, 1.54) is 0 Å². The number of nitrogens with zero attached hydrogens (tertiary/aromatic N) is 2. The molecular weight excluding hydrogens is 346 g/mol. The van der Waals surface area contributed by atoms with Gasteiger partial charge in [0.05, 0.1) is 23.4 Å². The maximum atomic E-state index is 12.1. The second-order valence-corrected chi connectivity index (χ2v) is 6.22. The van der Waals surface area contributed by atoms with E-state index in [0.717, 1.165) is 5.69 Å². The van der Waals surface area contributed by atoms with E-state index in [1.807, 2.05) is 26.0 Å². The van der Waals surface area contributed by atoms with Crippen LogP contribution in [-0.2, 0) is 9.59 Å². The molecule has 0 radical (unpaired) electrons. The van der Waals surface area contributed by atoms with E-state index in [9.17, 15) is 19.8 Å². The van der Waals surface area contributed by atoms with Crippen LogP contribution in [0.5, 0.6) is 0 Å². The molecule has 2 aromatic rings. The standard InChI is InChI=1S/C20H21N3O4/c1-3-14-17(19(24)25)16(18(20(26)27)15(4-2)22-14)12-6-5-7-13(10-12)23-9-8-21-11-23/h5-11,16,22H,3-4H2,1-2H3,(H,24,25)(H,26,27). The van der Waals surface area contributed by atoms with Crippen molar-refractivity contribution in [3.05, 3.63) is 71.1 Å². The fraction of sp³-hybridized carbons (Fsp3) is 0.250. The Morgan fingerprint density at radius 3 is 2.22 bits per heavy atom. The minimum atomic E-state index is -1.12. The topological polar surface area (TPSA) is 104 Å². The number of dihydropyridines is 1. The van der Waals surface area contributed by atoms with Crippen molar-refractivity contribution in [1.82, 2.24) is 14.9 Å². The van der Waals surface area contributed by atoms with Gasteiger partial charge in [-0.3, -0.25) is 0 Å². The van der Waals surface area contributed by atoms with Crippen molar-refractivity contribution in [3.8, 4) is 5.69 Å². The molecule has 0 aliphatic carbocycles. The zero-order valence-corrected chi connectivity index (χ0v) is 15.1. The summed E-state index contributed by atoms with van der Waals surface area (Å²) in [5, 5.41) is 22.7. The van der Waals surface area contributed by atoms with Gasteiger partial charge in [0.25, 0.3) is 0 Å². The van der Waals surface area contributed by atoms with Crippen LogP contribution in [0.2, 0.25) is 0 Å². The van der Waals surface area contributed by atoms with Crippen molar-refractivity contribution < 1.29 is 19.8 Å². The second kappa shape index (κ2) is 7.49. The van der Waals surface area contributed by atoms with Crippen LogP contribution in [0.25, 0.3) is 5.69 Å². The third-order valence-electron chi connectivity index (χ3n) is 4.70. The van der Waals surface area contributed by atoms with Crippen LogP contribution in [0.4, 0.5) is 0 Å². The van der Waals surface area contributed by atoms with Crippen molar-refractivity contribution in [2.75, 3.05) is 0 Å². The summed E-state index contributed by atoms with van der Waals surface area (Å²) in [6, 6.07) is 7.23. The van der Waals surface area contributed by atoms with Crippen LogP contribution in [0.15, 0.2) is 65.5 Å². The normalized spacial score (nSPS) is 15.0. The Labute approximate surface area is 156 Å². The molecule has 0 unspecified atom stereocenters. The molecule has 140 valence electrons. The Morgan fingerprint density at radius 2 is 1.74 bits per heavy atom. The number of rotatable bonds is 6. The van der Waals surface area contributed by atoms with Crippen molar-refractivity contribution in [1.29, 1.82) is 0 Å². The lowest BCUT2D eigenvalue weighted by Crippen LogP contribution is -2.32. The first-order chi connectivity index (χ1) is 13.0. The average molecular weight is 367 g/mol. The molecular formula is C20H21N3O4. The smallest absolute Gasteiger partial charge is 0.334 e. The highest BCUT2D eigenvalue weighted by atomic mass is 16.4. The molecule has 1 aliphatic rings. The summed E-state index contributed by atoms with van der Waals surface area (Å²) >= 11 is 0. The number of allylic oxidation sites excluding steroid dienone is 2. The first-order valence-corrected chi connectivity index (χ1v) is 8.75. The van der Waals surface area contributed by atoms with E-state index >= 15 is 0 Å². The Balaban J connectivity index is 2.23. The SMILES string of the molecule is CCC1=C(C(=O)O)C(c2cccc(-n3ccnc3)c2)C(C(=O)O)=C(CC)N1. The fourth-order valence-electron chi connectivity index (χ4n) is 3.48. The highest BCUT2D eigenvalue weighted by Gasteiger charge is 2.37. The predicted octanol–water partition coefficient (Wildman–Crippen LogP) is 3.06. The molecule has 0 fully saturated rings. The van der Waals surface area contributed by atoms with Gasteiger partial charge >= 0.3 is 11.9 Å². The molecule has 1 aliphatic heterocycles. The number of aromatic nitrogens is 2. The van der Waals surface area contributed by atoms with Gasteiger partial charge in [-0.1, -0.05) is 26.0 Å². The first kappa shape index (κ1) is 18.4. The lowest BCUT2D eigenvalue weighted by Gasteiger charge is -2.31. The van der Waals surface area contributed by atoms with Crippen LogP contribution < -0.4 is 5.32 Å². The van der Waals surface area contributed by atoms with E-state index in [1.54, 1.807) is 35.4 Å². The second-order valence-electron chi connectivity index (χ2n) is 6.22. The maximum absolute atomic E-state index is 12.1. The Kier molecular flexibility index (Phi) is 5.12. The number of carboxylic acids is 2. The van der Waals surface area contributed by atoms with Crippen molar-refractivity contribution >= 4 is 11.9 Å². The third kappa shape index (κ3) is 3.36. The third-order valence-corrected chi connectivity index (χ3v) is 4.70. The van der Waals surface area contributed by atoms with E-state index < -0.39 is 17.9 Å². The van der Waals surface area contributed by atoms with Crippen LogP contribution >= 0.6 is 0 Å². The number of aliphatic carboxylic acids is 2. The number of carboxylic acid groups (broad SMARTS) is 2. The summed E-state index contributed by atoms with van der Waals surface area (Å²) in [5.74, 6) is -3.09.